The molecule has 0 saturated heterocycles. The number of hydrogen-bond donors (Lipinski definition) is 2. The van der Waals surface area contributed by atoms with Crippen LogP contribution in [-0.4, -0.2) is 17.6 Å². The summed E-state index contributed by atoms with van der Waals surface area (Å²) in [5, 5.41) is 15.5. The van der Waals surface area contributed by atoms with Gasteiger partial charge in [0, 0.05) is 6.42 Å². The molecule has 4 rings (SSSR count). The fraction of sp³-hybridized carbons (Fsp3) is 0.229. The molecule has 2 amide bonds. The van der Waals surface area contributed by atoms with E-state index in [0.717, 1.165) is 22.3 Å². The summed E-state index contributed by atoms with van der Waals surface area (Å²) >= 11 is 0. The molecule has 41 heavy (non-hydrogen) atoms. The van der Waals surface area contributed by atoms with E-state index in [0.29, 0.717) is 12.0 Å². The van der Waals surface area contributed by atoms with Crippen LogP contribution in [0.2, 0.25) is 0 Å². The fourth-order valence-electron chi connectivity index (χ4n) is 4.89. The lowest BCUT2D eigenvalue weighted by atomic mass is 9.77. The fourth-order valence-corrected chi connectivity index (χ4v) is 4.89. The third kappa shape index (κ3) is 7.40. The molecule has 0 radical (unpaired) electrons. The molecule has 0 heterocycles. The summed E-state index contributed by atoms with van der Waals surface area (Å²) in [6.45, 7) is 5.40. The second-order valence-corrected chi connectivity index (χ2v) is 10.9. The van der Waals surface area contributed by atoms with Crippen molar-refractivity contribution in [2.24, 2.45) is 0 Å². The first-order chi connectivity index (χ1) is 19.7. The second kappa shape index (κ2) is 13.0. The molecule has 0 unspecified atom stereocenters. The van der Waals surface area contributed by atoms with Crippen LogP contribution < -0.4 is 10.6 Å². The van der Waals surface area contributed by atoms with Gasteiger partial charge in [-0.3, -0.25) is 4.79 Å². The van der Waals surface area contributed by atoms with Gasteiger partial charge in [0.2, 0.25) is 5.91 Å². The van der Waals surface area contributed by atoms with Gasteiger partial charge in [0.25, 0.3) is 0 Å². The van der Waals surface area contributed by atoms with E-state index in [-0.39, 0.29) is 12.3 Å². The predicted molar refractivity (Wildman–Crippen MR) is 160 cm³/mol. The van der Waals surface area contributed by atoms with Crippen LogP contribution in [0, 0.1) is 11.3 Å². The van der Waals surface area contributed by atoms with Gasteiger partial charge in [-0.2, -0.15) is 5.26 Å². The number of carbonyl (C=O) groups excluding carboxylic acids is 2. The van der Waals surface area contributed by atoms with Gasteiger partial charge in [-0.05, 0) is 61.6 Å². The molecular formula is C35H35N3O3. The van der Waals surface area contributed by atoms with Gasteiger partial charge < -0.3 is 15.4 Å². The number of nitrogens with one attached hydrogen (secondary N) is 2. The van der Waals surface area contributed by atoms with E-state index >= 15 is 0 Å². The molecule has 0 aliphatic carbocycles. The van der Waals surface area contributed by atoms with Crippen LogP contribution in [0.4, 0.5) is 4.79 Å². The van der Waals surface area contributed by atoms with E-state index < -0.39 is 23.3 Å². The molecule has 0 spiro atoms. The van der Waals surface area contributed by atoms with Crippen molar-refractivity contribution in [3.8, 4) is 6.07 Å². The lowest BCUT2D eigenvalue weighted by Gasteiger charge is -2.37. The van der Waals surface area contributed by atoms with Crippen LogP contribution >= 0.6 is 0 Å². The molecule has 4 aromatic rings. The minimum absolute atomic E-state index is 0.134. The molecule has 1 atom stereocenters. The summed E-state index contributed by atoms with van der Waals surface area (Å²) in [7, 11) is 0. The zero-order chi connectivity index (χ0) is 29.3. The van der Waals surface area contributed by atoms with Crippen LogP contribution in [0.5, 0.6) is 0 Å². The molecular weight excluding hydrogens is 510 g/mol. The molecule has 0 aliphatic rings. The van der Waals surface area contributed by atoms with E-state index in [1.807, 2.05) is 91.0 Å². The average Bonchev–Trinajstić information content (AvgIpc) is 2.98. The van der Waals surface area contributed by atoms with Crippen molar-refractivity contribution in [2.75, 3.05) is 0 Å². The minimum Gasteiger partial charge on any atom is -0.444 e. The van der Waals surface area contributed by atoms with Crippen molar-refractivity contribution in [3.05, 3.63) is 143 Å². The van der Waals surface area contributed by atoms with E-state index in [2.05, 4.69) is 16.7 Å². The molecule has 0 saturated carbocycles. The van der Waals surface area contributed by atoms with Crippen molar-refractivity contribution in [2.45, 2.75) is 50.8 Å². The Morgan fingerprint density at radius 3 is 1.63 bits per heavy atom. The summed E-state index contributed by atoms with van der Waals surface area (Å²) in [5.74, 6) is -0.175. The monoisotopic (exact) mass is 545 g/mol. The Hall–Kier alpha value is -4.89. The summed E-state index contributed by atoms with van der Waals surface area (Å²) in [6, 6.07) is 38.4. The van der Waals surface area contributed by atoms with Crippen LogP contribution in [0.1, 0.15) is 67.5 Å². The zero-order valence-electron chi connectivity index (χ0n) is 23.6. The Bertz CT molecular complexity index is 1380. The van der Waals surface area contributed by atoms with Crippen LogP contribution in [0.15, 0.2) is 115 Å². The number of hydrogen-bond acceptors (Lipinski definition) is 4. The number of nitriles is 1. The normalized spacial score (nSPS) is 12.0. The van der Waals surface area contributed by atoms with E-state index in [1.54, 1.807) is 45.0 Å². The Morgan fingerprint density at radius 1 is 0.756 bits per heavy atom. The number of rotatable bonds is 9. The highest BCUT2D eigenvalue weighted by Crippen LogP contribution is 2.37. The number of carbonyl (C=O) groups is 2. The van der Waals surface area contributed by atoms with Gasteiger partial charge in [0.05, 0.1) is 17.7 Å². The zero-order valence-corrected chi connectivity index (χ0v) is 23.6. The molecule has 0 fully saturated rings. The van der Waals surface area contributed by atoms with E-state index in [1.165, 1.54) is 0 Å². The maximum absolute atomic E-state index is 13.8. The smallest absolute Gasteiger partial charge is 0.408 e. The van der Waals surface area contributed by atoms with Crippen molar-refractivity contribution < 1.29 is 14.3 Å². The van der Waals surface area contributed by atoms with Crippen molar-refractivity contribution >= 4 is 12.0 Å². The van der Waals surface area contributed by atoms with Gasteiger partial charge in [-0.25, -0.2) is 4.79 Å². The molecule has 4 aromatic carbocycles. The standard InChI is InChI=1S/C35H35N3O3/c1-34(2,3)41-33(40)37-31(27-21-19-26(25-36)20-22-27)23-24-32(39)38-35(28-13-7-4-8-14-28,29-15-9-5-10-16-29)30-17-11-6-12-18-30/h4-22,31H,23-24H2,1-3H3,(H,37,40)(H,38,39)/t31-/m1/s1. The third-order valence-electron chi connectivity index (χ3n) is 6.74. The quantitative estimate of drug-likeness (QED) is 0.221. The highest BCUT2D eigenvalue weighted by atomic mass is 16.6. The number of benzene rings is 4. The second-order valence-electron chi connectivity index (χ2n) is 10.9. The first-order valence-electron chi connectivity index (χ1n) is 13.7. The molecule has 6 nitrogen and oxygen atoms in total. The summed E-state index contributed by atoms with van der Waals surface area (Å²) in [4.78, 5) is 26.5. The van der Waals surface area contributed by atoms with Gasteiger partial charge in [-0.1, -0.05) is 103 Å². The van der Waals surface area contributed by atoms with Gasteiger partial charge in [0.1, 0.15) is 11.1 Å². The maximum atomic E-state index is 13.8. The average molecular weight is 546 g/mol. The number of ether oxygens (including phenoxy) is 1. The van der Waals surface area contributed by atoms with Crippen LogP contribution in [0.25, 0.3) is 0 Å². The Labute approximate surface area is 242 Å². The Balaban J connectivity index is 1.65. The van der Waals surface area contributed by atoms with Gasteiger partial charge >= 0.3 is 6.09 Å². The number of nitrogens with zero attached hydrogens (tertiary/aromatic N) is 1. The molecule has 0 bridgehead atoms. The topological polar surface area (TPSA) is 91.2 Å². The Morgan fingerprint density at radius 2 is 1.22 bits per heavy atom. The van der Waals surface area contributed by atoms with Crippen molar-refractivity contribution in [1.82, 2.24) is 10.6 Å². The maximum Gasteiger partial charge on any atom is 0.408 e. The van der Waals surface area contributed by atoms with Crippen LogP contribution in [-0.2, 0) is 15.1 Å². The van der Waals surface area contributed by atoms with Gasteiger partial charge in [-0.15, -0.1) is 0 Å². The minimum atomic E-state index is -0.927. The van der Waals surface area contributed by atoms with Crippen molar-refractivity contribution in [3.63, 3.8) is 0 Å². The first-order valence-corrected chi connectivity index (χ1v) is 13.7. The lowest BCUT2D eigenvalue weighted by Crippen LogP contribution is -2.48. The molecule has 6 heteroatoms. The third-order valence-corrected chi connectivity index (χ3v) is 6.74. The van der Waals surface area contributed by atoms with Crippen LogP contribution in [0.3, 0.4) is 0 Å². The molecule has 0 aliphatic heterocycles. The number of amides is 2. The highest BCUT2D eigenvalue weighted by Gasteiger charge is 2.38. The van der Waals surface area contributed by atoms with Crippen molar-refractivity contribution in [1.29, 1.82) is 5.26 Å². The molecule has 0 aromatic heterocycles. The summed E-state index contributed by atoms with van der Waals surface area (Å²) < 4.78 is 5.49. The molecule has 2 N–H and O–H groups in total. The van der Waals surface area contributed by atoms with E-state index in [9.17, 15) is 14.9 Å². The summed E-state index contributed by atoms with van der Waals surface area (Å²) in [5.41, 5.74) is 2.49. The summed E-state index contributed by atoms with van der Waals surface area (Å²) in [6.07, 6.45) is -0.111. The number of alkyl carbamates (subject to hydrolysis) is 1. The largest absolute Gasteiger partial charge is 0.444 e. The SMILES string of the molecule is CC(C)(C)OC(=O)N[C@H](CCC(=O)NC(c1ccccc1)(c1ccccc1)c1ccccc1)c1ccc(C#N)cc1. The highest BCUT2D eigenvalue weighted by molar-refractivity contribution is 5.79. The molecule has 208 valence electrons. The lowest BCUT2D eigenvalue weighted by molar-refractivity contribution is -0.122. The van der Waals surface area contributed by atoms with Gasteiger partial charge in [0.15, 0.2) is 0 Å². The Kier molecular flexibility index (Phi) is 9.21. The predicted octanol–water partition coefficient (Wildman–Crippen LogP) is 7.01. The first kappa shape index (κ1) is 29.1. The van der Waals surface area contributed by atoms with E-state index in [4.69, 9.17) is 4.74 Å².